The Hall–Kier alpha value is -3.70. The maximum Gasteiger partial charge on any atom is 0.326 e. The number of nitrogens with one attached hydrogen (secondary N) is 1. The number of carbonyl (C=O) groups is 1. The van der Waals surface area contributed by atoms with E-state index in [1.54, 1.807) is 65.4 Å². The smallest absolute Gasteiger partial charge is 0.326 e. The molecule has 0 saturated heterocycles. The first-order valence-corrected chi connectivity index (χ1v) is 12.5. The average Bonchev–Trinajstić information content (AvgIpc) is 3.21. The van der Waals surface area contributed by atoms with E-state index in [2.05, 4.69) is 16.4 Å². The fraction of sp³-hybridized carbons (Fsp3) is 0.179. The van der Waals surface area contributed by atoms with Gasteiger partial charge in [0.1, 0.15) is 11.0 Å². The molecule has 1 amide bonds. The molecule has 6 nitrogen and oxygen atoms in total. The van der Waals surface area contributed by atoms with Crippen LogP contribution < -0.4 is 5.32 Å². The van der Waals surface area contributed by atoms with Crippen molar-refractivity contribution in [3.05, 3.63) is 105 Å². The van der Waals surface area contributed by atoms with E-state index in [0.29, 0.717) is 47.3 Å². The number of hydrogen-bond donors (Lipinski definition) is 1. The molecule has 2 aromatic carbocycles. The molecule has 4 aromatic rings. The zero-order valence-electron chi connectivity index (χ0n) is 19.7. The van der Waals surface area contributed by atoms with Crippen LogP contribution in [0.4, 0.5) is 9.18 Å². The van der Waals surface area contributed by atoms with Crippen molar-refractivity contribution >= 4 is 46.2 Å². The minimum atomic E-state index is -0.272. The highest BCUT2D eigenvalue weighted by Gasteiger charge is 2.27. The molecule has 1 N–H and O–H groups in total. The first kappa shape index (κ1) is 25.0. The van der Waals surface area contributed by atoms with Crippen molar-refractivity contribution in [2.45, 2.75) is 19.5 Å². The summed E-state index contributed by atoms with van der Waals surface area (Å²) in [6.07, 6.45) is 3.66. The summed E-state index contributed by atoms with van der Waals surface area (Å²) < 4.78 is 16.5. The zero-order chi connectivity index (χ0) is 25.9. The summed E-state index contributed by atoms with van der Waals surface area (Å²) in [5.74, 6) is -0.263. The molecule has 0 fully saturated rings. The van der Waals surface area contributed by atoms with Gasteiger partial charge in [-0.3, -0.25) is 9.47 Å². The first-order chi connectivity index (χ1) is 17.9. The van der Waals surface area contributed by atoms with Crippen molar-refractivity contribution < 1.29 is 9.18 Å². The molecular formula is C28H22Cl2FN5O. The number of rotatable bonds is 5. The van der Waals surface area contributed by atoms with Gasteiger partial charge in [0.25, 0.3) is 0 Å². The van der Waals surface area contributed by atoms with Crippen molar-refractivity contribution in [2.24, 2.45) is 0 Å². The van der Waals surface area contributed by atoms with Gasteiger partial charge in [0.15, 0.2) is 0 Å². The molecule has 0 bridgehead atoms. The number of benzene rings is 2. The minimum Gasteiger partial charge on any atom is -0.333 e. The summed E-state index contributed by atoms with van der Waals surface area (Å²) in [4.78, 5) is 19.3. The Morgan fingerprint density at radius 3 is 2.73 bits per heavy atom. The van der Waals surface area contributed by atoms with Crippen LogP contribution in [0.5, 0.6) is 0 Å². The van der Waals surface area contributed by atoms with Gasteiger partial charge >= 0.3 is 6.03 Å². The number of aromatic nitrogens is 2. The zero-order valence-corrected chi connectivity index (χ0v) is 21.2. The van der Waals surface area contributed by atoms with Crippen LogP contribution in [0.25, 0.3) is 17.0 Å². The molecule has 9 heteroatoms. The monoisotopic (exact) mass is 533 g/mol. The fourth-order valence-electron chi connectivity index (χ4n) is 4.66. The highest BCUT2D eigenvalue weighted by Crippen LogP contribution is 2.32. The number of nitrogens with zero attached hydrogens (tertiary/aromatic N) is 4. The summed E-state index contributed by atoms with van der Waals surface area (Å²) in [6, 6.07) is 17.7. The van der Waals surface area contributed by atoms with Gasteiger partial charge in [0.2, 0.25) is 0 Å². The van der Waals surface area contributed by atoms with Crippen LogP contribution in [-0.2, 0) is 19.5 Å². The lowest BCUT2D eigenvalue weighted by atomic mass is 10.0. The van der Waals surface area contributed by atoms with Crippen molar-refractivity contribution in [1.29, 1.82) is 5.26 Å². The molecule has 0 aliphatic carbocycles. The molecule has 37 heavy (non-hydrogen) atoms. The van der Waals surface area contributed by atoms with E-state index in [4.69, 9.17) is 23.2 Å². The van der Waals surface area contributed by atoms with E-state index in [9.17, 15) is 14.4 Å². The van der Waals surface area contributed by atoms with E-state index in [1.165, 1.54) is 6.08 Å². The van der Waals surface area contributed by atoms with E-state index in [-0.39, 0.29) is 18.4 Å². The van der Waals surface area contributed by atoms with Gasteiger partial charge in [-0.15, -0.1) is 0 Å². The van der Waals surface area contributed by atoms with Gasteiger partial charge in [-0.05, 0) is 65.2 Å². The third-order valence-electron chi connectivity index (χ3n) is 6.36. The predicted molar refractivity (Wildman–Crippen MR) is 143 cm³/mol. The lowest BCUT2D eigenvalue weighted by molar-refractivity contribution is 0.238. The molecule has 0 spiro atoms. The van der Waals surface area contributed by atoms with Gasteiger partial charge in [0.05, 0.1) is 23.7 Å². The van der Waals surface area contributed by atoms with E-state index in [0.717, 1.165) is 27.8 Å². The van der Waals surface area contributed by atoms with Gasteiger partial charge < -0.3 is 5.32 Å². The largest absolute Gasteiger partial charge is 0.333 e. The van der Waals surface area contributed by atoms with Gasteiger partial charge in [-0.1, -0.05) is 35.3 Å². The minimum absolute atomic E-state index is 0.141. The molecule has 0 saturated carbocycles. The molecule has 3 heterocycles. The Bertz CT molecular complexity index is 1560. The van der Waals surface area contributed by atoms with Gasteiger partial charge in [-0.2, -0.15) is 5.26 Å². The summed E-state index contributed by atoms with van der Waals surface area (Å²) >= 11 is 11.9. The number of pyridine rings is 1. The van der Waals surface area contributed by atoms with Crippen molar-refractivity contribution in [3.8, 4) is 6.07 Å². The molecule has 1 aliphatic rings. The summed E-state index contributed by atoms with van der Waals surface area (Å²) in [7, 11) is 0. The molecule has 0 unspecified atom stereocenters. The van der Waals surface area contributed by atoms with Crippen LogP contribution in [0.1, 0.15) is 27.9 Å². The fourth-order valence-corrected chi connectivity index (χ4v) is 4.98. The molecule has 2 aromatic heterocycles. The van der Waals surface area contributed by atoms with E-state index < -0.39 is 0 Å². The van der Waals surface area contributed by atoms with Crippen molar-refractivity contribution in [3.63, 3.8) is 0 Å². The first-order valence-electron chi connectivity index (χ1n) is 11.7. The summed E-state index contributed by atoms with van der Waals surface area (Å²) in [5.41, 5.74) is 4.59. The molecular weight excluding hydrogens is 512 g/mol. The lowest BCUT2D eigenvalue weighted by Gasteiger charge is -2.27. The van der Waals surface area contributed by atoms with Crippen molar-refractivity contribution in [2.75, 3.05) is 13.1 Å². The summed E-state index contributed by atoms with van der Waals surface area (Å²) in [6.45, 7) is 1.48. The van der Waals surface area contributed by atoms with Gasteiger partial charge in [-0.25, -0.2) is 14.2 Å². The third kappa shape index (κ3) is 5.52. The van der Waals surface area contributed by atoms with E-state index in [1.807, 2.05) is 4.90 Å². The standard InChI is InChI=1S/C28H22Cl2FN5O/c29-21-4-1-18(2-5-21)11-22(31)16-35-10-8-26-24(17-35)23-12-19(14-32)3-6-25(23)36(26)28(37)34-15-20-7-9-33-27(30)13-20/h1-7,9,11-13H,8,10,15-17H2,(H,34,37)/b22-11-. The average molecular weight is 534 g/mol. The Morgan fingerprint density at radius 1 is 1.16 bits per heavy atom. The Labute approximate surface area is 223 Å². The second-order valence-electron chi connectivity index (χ2n) is 8.85. The quantitative estimate of drug-likeness (QED) is 0.303. The maximum absolute atomic E-state index is 14.9. The van der Waals surface area contributed by atoms with Gasteiger partial charge in [0, 0.05) is 48.4 Å². The van der Waals surface area contributed by atoms with Crippen LogP contribution in [-0.4, -0.2) is 33.6 Å². The van der Waals surface area contributed by atoms with Crippen LogP contribution >= 0.6 is 23.2 Å². The topological polar surface area (TPSA) is 74.0 Å². The Morgan fingerprint density at radius 2 is 1.97 bits per heavy atom. The lowest BCUT2D eigenvalue weighted by Crippen LogP contribution is -2.35. The maximum atomic E-state index is 14.9. The number of carbonyl (C=O) groups excluding carboxylic acids is 1. The molecule has 5 rings (SSSR count). The summed E-state index contributed by atoms with van der Waals surface area (Å²) in [5, 5.41) is 14.2. The van der Waals surface area contributed by atoms with Crippen LogP contribution in [0.15, 0.2) is 66.6 Å². The Balaban J connectivity index is 1.41. The molecule has 0 radical (unpaired) electrons. The SMILES string of the molecule is N#Cc1ccc2c(c1)c1c(n2C(=O)NCc2ccnc(Cl)c2)CCN(C/C(F)=C/c2ccc(Cl)cc2)C1. The second-order valence-corrected chi connectivity index (χ2v) is 9.68. The molecule has 0 atom stereocenters. The van der Waals surface area contributed by atoms with E-state index >= 15 is 0 Å². The number of halogens is 3. The number of fused-ring (bicyclic) bond motifs is 3. The van der Waals surface area contributed by atoms with Crippen LogP contribution in [0.3, 0.4) is 0 Å². The number of amides is 1. The highest BCUT2D eigenvalue weighted by atomic mass is 35.5. The molecule has 186 valence electrons. The normalized spacial score (nSPS) is 13.8. The number of hydrogen-bond acceptors (Lipinski definition) is 4. The van der Waals surface area contributed by atoms with Crippen LogP contribution in [0.2, 0.25) is 10.2 Å². The van der Waals surface area contributed by atoms with Crippen LogP contribution in [0, 0.1) is 11.3 Å². The Kier molecular flexibility index (Phi) is 7.24. The molecule has 1 aliphatic heterocycles. The van der Waals surface area contributed by atoms with Crippen molar-refractivity contribution in [1.82, 2.24) is 19.8 Å². The number of nitriles is 1. The predicted octanol–water partition coefficient (Wildman–Crippen LogP) is 6.34. The highest BCUT2D eigenvalue weighted by molar-refractivity contribution is 6.30. The third-order valence-corrected chi connectivity index (χ3v) is 6.82. The second kappa shape index (κ2) is 10.7.